The van der Waals surface area contributed by atoms with Gasteiger partial charge in [0.05, 0.1) is 11.7 Å². The number of carboxylic acid groups (broad SMARTS) is 1. The summed E-state index contributed by atoms with van der Waals surface area (Å²) in [5.74, 6) is -1.85. The Morgan fingerprint density at radius 3 is 2.57 bits per heavy atom. The molecule has 0 aliphatic heterocycles. The first kappa shape index (κ1) is 16.4. The van der Waals surface area contributed by atoms with Crippen LogP contribution in [0.2, 0.25) is 0 Å². The summed E-state index contributed by atoms with van der Waals surface area (Å²) in [6.07, 6.45) is 1.42. The summed E-state index contributed by atoms with van der Waals surface area (Å²) in [6.45, 7) is 1.72. The Kier molecular flexibility index (Phi) is 6.12. The van der Waals surface area contributed by atoms with Gasteiger partial charge in [-0.1, -0.05) is 6.07 Å². The maximum atomic E-state index is 11.8. The molecule has 5 N–H and O–H groups in total. The van der Waals surface area contributed by atoms with Crippen LogP contribution in [0.15, 0.2) is 24.4 Å². The Balaban J connectivity index is 2.54. The number of aromatic nitrogens is 1. The third kappa shape index (κ3) is 5.89. The fourth-order valence-electron chi connectivity index (χ4n) is 1.65. The van der Waals surface area contributed by atoms with Gasteiger partial charge in [0.1, 0.15) is 6.04 Å². The number of hydrogen-bond acceptors (Lipinski definition) is 4. The molecule has 3 amide bonds. The van der Waals surface area contributed by atoms with E-state index in [9.17, 15) is 14.4 Å². The van der Waals surface area contributed by atoms with Crippen molar-refractivity contribution >= 4 is 17.9 Å². The van der Waals surface area contributed by atoms with E-state index in [4.69, 9.17) is 10.8 Å². The van der Waals surface area contributed by atoms with Crippen LogP contribution in [0.3, 0.4) is 0 Å². The van der Waals surface area contributed by atoms with Gasteiger partial charge in [0, 0.05) is 12.6 Å². The Bertz CT molecular complexity index is 506. The lowest BCUT2D eigenvalue weighted by Gasteiger charge is -2.17. The fraction of sp³-hybridized carbons (Fsp3) is 0.385. The Morgan fingerprint density at radius 2 is 2.05 bits per heavy atom. The van der Waals surface area contributed by atoms with Gasteiger partial charge in [0.15, 0.2) is 0 Å². The molecule has 0 saturated carbocycles. The summed E-state index contributed by atoms with van der Waals surface area (Å²) < 4.78 is 0. The molecule has 1 heterocycles. The van der Waals surface area contributed by atoms with Gasteiger partial charge in [0.2, 0.25) is 5.91 Å². The molecule has 0 fully saturated rings. The van der Waals surface area contributed by atoms with Crippen LogP contribution in [0.4, 0.5) is 4.79 Å². The number of carbonyl (C=O) groups is 3. The largest absolute Gasteiger partial charge is 0.480 e. The Labute approximate surface area is 121 Å². The number of primary amides is 1. The normalized spacial score (nSPS) is 13.0. The van der Waals surface area contributed by atoms with Crippen LogP contribution in [0.1, 0.15) is 31.5 Å². The molecule has 1 aromatic heterocycles. The number of amides is 3. The zero-order valence-corrected chi connectivity index (χ0v) is 11.6. The first-order valence-corrected chi connectivity index (χ1v) is 6.39. The lowest BCUT2D eigenvalue weighted by molar-refractivity contribution is -0.139. The van der Waals surface area contributed by atoms with E-state index in [1.54, 1.807) is 31.3 Å². The van der Waals surface area contributed by atoms with Crippen LogP contribution in [0.5, 0.6) is 0 Å². The van der Waals surface area contributed by atoms with E-state index in [0.29, 0.717) is 5.69 Å². The number of pyridine rings is 1. The molecule has 0 aromatic carbocycles. The van der Waals surface area contributed by atoms with Gasteiger partial charge in [-0.15, -0.1) is 0 Å². The molecule has 1 aromatic rings. The number of nitrogens with two attached hydrogens (primary N) is 1. The summed E-state index contributed by atoms with van der Waals surface area (Å²) >= 11 is 0. The van der Waals surface area contributed by atoms with Crippen molar-refractivity contribution in [3.05, 3.63) is 30.1 Å². The minimum atomic E-state index is -1.23. The number of carboxylic acids is 1. The fourth-order valence-corrected chi connectivity index (χ4v) is 1.65. The molecule has 21 heavy (non-hydrogen) atoms. The number of hydrogen-bond donors (Lipinski definition) is 4. The summed E-state index contributed by atoms with van der Waals surface area (Å²) in [4.78, 5) is 37.5. The molecule has 0 aliphatic rings. The van der Waals surface area contributed by atoms with E-state index in [1.165, 1.54) is 0 Å². The smallest absolute Gasteiger partial charge is 0.326 e. The highest BCUT2D eigenvalue weighted by molar-refractivity contribution is 5.83. The van der Waals surface area contributed by atoms with Crippen molar-refractivity contribution < 1.29 is 19.5 Å². The predicted molar refractivity (Wildman–Crippen MR) is 74.2 cm³/mol. The predicted octanol–water partition coefficient (Wildman–Crippen LogP) is 0.161. The third-order valence-electron chi connectivity index (χ3n) is 2.76. The topological polar surface area (TPSA) is 134 Å². The van der Waals surface area contributed by atoms with Crippen molar-refractivity contribution in [1.82, 2.24) is 15.6 Å². The summed E-state index contributed by atoms with van der Waals surface area (Å²) in [7, 11) is 0. The minimum absolute atomic E-state index is 0.0595. The van der Waals surface area contributed by atoms with Gasteiger partial charge >= 0.3 is 12.0 Å². The first-order valence-electron chi connectivity index (χ1n) is 6.39. The van der Waals surface area contributed by atoms with Crippen molar-refractivity contribution in [2.45, 2.75) is 31.8 Å². The molecule has 0 bridgehead atoms. The maximum absolute atomic E-state index is 11.8. The van der Waals surface area contributed by atoms with Gasteiger partial charge in [0.25, 0.3) is 0 Å². The van der Waals surface area contributed by atoms with E-state index < -0.39 is 23.9 Å². The number of nitrogens with zero attached hydrogens (tertiary/aromatic N) is 1. The van der Waals surface area contributed by atoms with Gasteiger partial charge in [-0.05, 0) is 25.5 Å². The van der Waals surface area contributed by atoms with E-state index in [0.717, 1.165) is 0 Å². The van der Waals surface area contributed by atoms with Gasteiger partial charge in [-0.2, -0.15) is 0 Å². The van der Waals surface area contributed by atoms with Gasteiger partial charge in [-0.3, -0.25) is 9.78 Å². The first-order chi connectivity index (χ1) is 9.90. The SMILES string of the molecule is CC(NC(=O)N[C@H](CCC(N)=O)C(=O)O)c1ccccn1. The lowest BCUT2D eigenvalue weighted by Crippen LogP contribution is -2.47. The molecule has 114 valence electrons. The number of aliphatic carboxylic acids is 1. The molecular formula is C13H18N4O4. The van der Waals surface area contributed by atoms with E-state index >= 15 is 0 Å². The van der Waals surface area contributed by atoms with Crippen molar-refractivity contribution in [3.8, 4) is 0 Å². The molecule has 2 atom stereocenters. The summed E-state index contributed by atoms with van der Waals surface area (Å²) in [6, 6.07) is 3.08. The zero-order valence-electron chi connectivity index (χ0n) is 11.6. The van der Waals surface area contributed by atoms with Crippen molar-refractivity contribution in [1.29, 1.82) is 0 Å². The monoisotopic (exact) mass is 294 g/mol. The molecule has 1 rings (SSSR count). The molecule has 0 aliphatic carbocycles. The highest BCUT2D eigenvalue weighted by Crippen LogP contribution is 2.07. The lowest BCUT2D eigenvalue weighted by atomic mass is 10.1. The Hall–Kier alpha value is -2.64. The second-order valence-electron chi connectivity index (χ2n) is 4.49. The van der Waals surface area contributed by atoms with Crippen LogP contribution in [-0.4, -0.2) is 34.0 Å². The minimum Gasteiger partial charge on any atom is -0.480 e. The van der Waals surface area contributed by atoms with Crippen LogP contribution in [-0.2, 0) is 9.59 Å². The van der Waals surface area contributed by atoms with E-state index in [2.05, 4.69) is 15.6 Å². The average Bonchev–Trinajstić information content (AvgIpc) is 2.43. The highest BCUT2D eigenvalue weighted by Gasteiger charge is 2.21. The average molecular weight is 294 g/mol. The quantitative estimate of drug-likeness (QED) is 0.568. The summed E-state index contributed by atoms with van der Waals surface area (Å²) in [5.41, 5.74) is 5.61. The number of carbonyl (C=O) groups excluding carboxylic acids is 2. The number of nitrogens with one attached hydrogen (secondary N) is 2. The van der Waals surface area contributed by atoms with Crippen molar-refractivity contribution in [2.75, 3.05) is 0 Å². The van der Waals surface area contributed by atoms with Crippen LogP contribution in [0.25, 0.3) is 0 Å². The molecule has 8 nitrogen and oxygen atoms in total. The van der Waals surface area contributed by atoms with E-state index in [-0.39, 0.29) is 18.9 Å². The summed E-state index contributed by atoms with van der Waals surface area (Å²) in [5, 5.41) is 13.8. The molecule has 0 radical (unpaired) electrons. The molecular weight excluding hydrogens is 276 g/mol. The van der Waals surface area contributed by atoms with Crippen molar-refractivity contribution in [3.63, 3.8) is 0 Å². The van der Waals surface area contributed by atoms with Crippen LogP contribution < -0.4 is 16.4 Å². The van der Waals surface area contributed by atoms with Gasteiger partial charge in [-0.25, -0.2) is 9.59 Å². The Morgan fingerprint density at radius 1 is 1.33 bits per heavy atom. The standard InChI is InChI=1S/C13H18N4O4/c1-8(9-4-2-3-7-15-9)16-13(21)17-10(12(19)20)5-6-11(14)18/h2-4,7-8,10H,5-6H2,1H3,(H2,14,18)(H,19,20)(H2,16,17,21)/t8?,10-/m1/s1. The van der Waals surface area contributed by atoms with Gasteiger partial charge < -0.3 is 21.5 Å². The van der Waals surface area contributed by atoms with E-state index in [1.807, 2.05) is 0 Å². The van der Waals surface area contributed by atoms with Crippen LogP contribution >= 0.6 is 0 Å². The molecule has 0 spiro atoms. The number of urea groups is 1. The second kappa shape index (κ2) is 7.83. The second-order valence-corrected chi connectivity index (χ2v) is 4.49. The zero-order chi connectivity index (χ0) is 15.8. The third-order valence-corrected chi connectivity index (χ3v) is 2.76. The number of rotatable bonds is 7. The van der Waals surface area contributed by atoms with Crippen LogP contribution in [0, 0.1) is 0 Å². The molecule has 8 heteroatoms. The highest BCUT2D eigenvalue weighted by atomic mass is 16.4. The molecule has 0 saturated heterocycles. The van der Waals surface area contributed by atoms with Crippen molar-refractivity contribution in [2.24, 2.45) is 5.73 Å². The maximum Gasteiger partial charge on any atom is 0.326 e. The molecule has 1 unspecified atom stereocenters.